The number of carbonyl (C=O) groups is 1. The second kappa shape index (κ2) is 10.6. The molecule has 0 spiro atoms. The Morgan fingerprint density at radius 1 is 1.14 bits per heavy atom. The van der Waals surface area contributed by atoms with Crippen LogP contribution in [0.4, 0.5) is 5.69 Å². The number of carbonyl (C=O) groups excluding carboxylic acids is 1. The molecule has 0 heterocycles. The summed E-state index contributed by atoms with van der Waals surface area (Å²) in [6.45, 7) is 10.6. The fourth-order valence-electron chi connectivity index (χ4n) is 2.79. The van der Waals surface area contributed by atoms with Crippen molar-refractivity contribution in [3.8, 4) is 5.75 Å². The van der Waals surface area contributed by atoms with Gasteiger partial charge >= 0.3 is 5.97 Å². The summed E-state index contributed by atoms with van der Waals surface area (Å²) in [4.78, 5) is 14.5. The number of benzene rings is 2. The molecule has 0 fully saturated rings. The molecule has 0 radical (unpaired) electrons. The van der Waals surface area contributed by atoms with E-state index in [0.717, 1.165) is 30.2 Å². The van der Waals surface area contributed by atoms with Gasteiger partial charge in [0.05, 0.1) is 11.3 Å². The summed E-state index contributed by atoms with van der Waals surface area (Å²) in [6, 6.07) is 14.1. The van der Waals surface area contributed by atoms with Gasteiger partial charge in [0.1, 0.15) is 17.3 Å². The van der Waals surface area contributed by atoms with Crippen LogP contribution in [0.5, 0.6) is 5.75 Å². The highest BCUT2D eigenvalue weighted by molar-refractivity contribution is 7.99. The zero-order valence-corrected chi connectivity index (χ0v) is 19.3. The van der Waals surface area contributed by atoms with E-state index in [1.165, 1.54) is 11.1 Å². The van der Waals surface area contributed by atoms with Crippen molar-refractivity contribution >= 4 is 23.4 Å². The van der Waals surface area contributed by atoms with Gasteiger partial charge in [-0.05, 0) is 64.8 Å². The van der Waals surface area contributed by atoms with Gasteiger partial charge in [0.15, 0.2) is 0 Å². The number of anilines is 1. The summed E-state index contributed by atoms with van der Waals surface area (Å²) in [5.74, 6) is 2.03. The van der Waals surface area contributed by atoms with Gasteiger partial charge in [-0.25, -0.2) is 4.79 Å². The van der Waals surface area contributed by atoms with Crippen LogP contribution in [-0.4, -0.2) is 36.9 Å². The molecule has 29 heavy (non-hydrogen) atoms. The van der Waals surface area contributed by atoms with Gasteiger partial charge in [-0.1, -0.05) is 29.8 Å². The Morgan fingerprint density at radius 3 is 2.55 bits per heavy atom. The Labute approximate surface area is 179 Å². The first-order chi connectivity index (χ1) is 13.7. The van der Waals surface area contributed by atoms with Crippen LogP contribution in [0.2, 0.25) is 0 Å². The highest BCUT2D eigenvalue weighted by Gasteiger charge is 2.20. The number of thioether (sulfide) groups is 1. The van der Waals surface area contributed by atoms with E-state index in [1.54, 1.807) is 17.8 Å². The molecule has 2 aromatic carbocycles. The van der Waals surface area contributed by atoms with Crippen molar-refractivity contribution < 1.29 is 14.3 Å². The fraction of sp³-hybridized carbons (Fsp3) is 0.458. The highest BCUT2D eigenvalue weighted by Crippen LogP contribution is 2.30. The summed E-state index contributed by atoms with van der Waals surface area (Å²) in [6.07, 6.45) is 1.02. The Morgan fingerprint density at radius 2 is 1.90 bits per heavy atom. The van der Waals surface area contributed by atoms with Crippen LogP contribution in [-0.2, 0) is 11.2 Å². The van der Waals surface area contributed by atoms with Gasteiger partial charge in [0.2, 0.25) is 0 Å². The summed E-state index contributed by atoms with van der Waals surface area (Å²) in [5, 5.41) is 0. The molecule has 2 aromatic rings. The van der Waals surface area contributed by atoms with Crippen molar-refractivity contribution in [2.24, 2.45) is 0 Å². The molecule has 5 heteroatoms. The lowest BCUT2D eigenvalue weighted by molar-refractivity contribution is 0.00695. The SMILES string of the molecule is CCN(C)c1cc(C(=O)OC(C)(C)C)ccc1OCSCCc1cccc(C)c1. The molecule has 0 N–H and O–H groups in total. The lowest BCUT2D eigenvalue weighted by Crippen LogP contribution is -2.24. The maximum atomic E-state index is 12.4. The molecule has 0 atom stereocenters. The van der Waals surface area contributed by atoms with Gasteiger partial charge in [0.25, 0.3) is 0 Å². The lowest BCUT2D eigenvalue weighted by atomic mass is 10.1. The summed E-state index contributed by atoms with van der Waals surface area (Å²) >= 11 is 1.76. The van der Waals surface area contributed by atoms with Crippen molar-refractivity contribution in [2.45, 2.75) is 46.6 Å². The molecule has 0 aromatic heterocycles. The third-order valence-electron chi connectivity index (χ3n) is 4.39. The van der Waals surface area contributed by atoms with E-state index in [1.807, 2.05) is 40.0 Å². The third-order valence-corrected chi connectivity index (χ3v) is 5.17. The molecule has 0 aliphatic carbocycles. The van der Waals surface area contributed by atoms with Gasteiger partial charge in [-0.15, -0.1) is 11.8 Å². The van der Waals surface area contributed by atoms with Crippen LogP contribution < -0.4 is 9.64 Å². The number of rotatable bonds is 9. The minimum absolute atomic E-state index is 0.317. The molecule has 0 bridgehead atoms. The minimum Gasteiger partial charge on any atom is -0.481 e. The summed E-state index contributed by atoms with van der Waals surface area (Å²) in [7, 11) is 1.99. The number of esters is 1. The van der Waals surface area contributed by atoms with E-state index < -0.39 is 5.60 Å². The molecule has 2 rings (SSSR count). The molecule has 158 valence electrons. The van der Waals surface area contributed by atoms with E-state index in [4.69, 9.17) is 9.47 Å². The summed E-state index contributed by atoms with van der Waals surface area (Å²) in [5.41, 5.74) is 3.56. The van der Waals surface area contributed by atoms with Crippen LogP contribution >= 0.6 is 11.8 Å². The number of nitrogens with zero attached hydrogens (tertiary/aromatic N) is 1. The first-order valence-electron chi connectivity index (χ1n) is 10.0. The molecular formula is C24H33NO3S. The molecule has 0 amide bonds. The zero-order valence-electron chi connectivity index (χ0n) is 18.5. The summed E-state index contributed by atoms with van der Waals surface area (Å²) < 4.78 is 11.5. The van der Waals surface area contributed by atoms with E-state index in [-0.39, 0.29) is 5.97 Å². The van der Waals surface area contributed by atoms with E-state index in [0.29, 0.717) is 11.5 Å². The number of aryl methyl sites for hydroxylation is 2. The highest BCUT2D eigenvalue weighted by atomic mass is 32.2. The average molecular weight is 416 g/mol. The molecule has 0 unspecified atom stereocenters. The maximum Gasteiger partial charge on any atom is 0.338 e. The zero-order chi connectivity index (χ0) is 21.4. The van der Waals surface area contributed by atoms with E-state index >= 15 is 0 Å². The van der Waals surface area contributed by atoms with Crippen LogP contribution in [0, 0.1) is 6.92 Å². The quantitative estimate of drug-likeness (QED) is 0.298. The molecule has 4 nitrogen and oxygen atoms in total. The normalized spacial score (nSPS) is 11.2. The van der Waals surface area contributed by atoms with Crippen molar-refractivity contribution in [3.63, 3.8) is 0 Å². The van der Waals surface area contributed by atoms with Gasteiger partial charge in [-0.3, -0.25) is 0 Å². The second-order valence-electron chi connectivity index (χ2n) is 8.11. The van der Waals surface area contributed by atoms with E-state index in [9.17, 15) is 4.79 Å². The predicted octanol–water partition coefficient (Wildman–Crippen LogP) is 5.72. The molecular weight excluding hydrogens is 382 g/mol. The molecule has 0 aliphatic heterocycles. The van der Waals surface area contributed by atoms with Gasteiger partial charge < -0.3 is 14.4 Å². The predicted molar refractivity (Wildman–Crippen MR) is 123 cm³/mol. The van der Waals surface area contributed by atoms with E-state index in [2.05, 4.69) is 43.0 Å². The van der Waals surface area contributed by atoms with Gasteiger partial charge in [0, 0.05) is 19.3 Å². The Hall–Kier alpha value is -2.14. The Bertz CT molecular complexity index is 814. The smallest absolute Gasteiger partial charge is 0.338 e. The first-order valence-corrected chi connectivity index (χ1v) is 11.2. The topological polar surface area (TPSA) is 38.8 Å². The van der Waals surface area contributed by atoms with Crippen LogP contribution in [0.1, 0.15) is 49.2 Å². The largest absolute Gasteiger partial charge is 0.481 e. The molecule has 0 saturated heterocycles. The number of ether oxygens (including phenoxy) is 2. The van der Waals surface area contributed by atoms with Crippen molar-refractivity contribution in [1.29, 1.82) is 0 Å². The first kappa shape index (κ1) is 23.1. The minimum atomic E-state index is -0.517. The van der Waals surface area contributed by atoms with Crippen molar-refractivity contribution in [1.82, 2.24) is 0 Å². The third kappa shape index (κ3) is 7.65. The van der Waals surface area contributed by atoms with Crippen LogP contribution in [0.3, 0.4) is 0 Å². The lowest BCUT2D eigenvalue weighted by Gasteiger charge is -2.23. The Kier molecular flexibility index (Phi) is 8.45. The fourth-order valence-corrected chi connectivity index (χ4v) is 3.50. The maximum absolute atomic E-state index is 12.4. The van der Waals surface area contributed by atoms with Crippen LogP contribution in [0.15, 0.2) is 42.5 Å². The second-order valence-corrected chi connectivity index (χ2v) is 9.16. The molecule has 0 aliphatic rings. The number of hydrogen-bond acceptors (Lipinski definition) is 5. The van der Waals surface area contributed by atoms with Crippen molar-refractivity contribution in [2.75, 3.05) is 30.2 Å². The van der Waals surface area contributed by atoms with Crippen molar-refractivity contribution in [3.05, 3.63) is 59.2 Å². The number of hydrogen-bond donors (Lipinski definition) is 0. The Balaban J connectivity index is 1.97. The monoisotopic (exact) mass is 415 g/mol. The van der Waals surface area contributed by atoms with Crippen LogP contribution in [0.25, 0.3) is 0 Å². The standard InChI is InChI=1S/C24H33NO3S/c1-7-25(6)21-16-20(23(26)28-24(3,4)5)11-12-22(21)27-17-29-14-13-19-10-8-9-18(2)15-19/h8-12,15-16H,7,13-14,17H2,1-6H3. The molecule has 0 saturated carbocycles. The van der Waals surface area contributed by atoms with Gasteiger partial charge in [-0.2, -0.15) is 0 Å². The average Bonchev–Trinajstić information content (AvgIpc) is 2.66.